The maximum absolute atomic E-state index is 13.2. The van der Waals surface area contributed by atoms with Gasteiger partial charge in [0.25, 0.3) is 0 Å². The van der Waals surface area contributed by atoms with Crippen molar-refractivity contribution in [3.63, 3.8) is 0 Å². The average Bonchev–Trinajstić information content (AvgIpc) is 3.43. The third-order valence-electron chi connectivity index (χ3n) is 5.61. The number of hydrogen-bond donors (Lipinski definition) is 1. The van der Waals surface area contributed by atoms with Crippen LogP contribution in [0.15, 0.2) is 66.0 Å². The number of thiophene rings is 1. The molecule has 1 N–H and O–H groups in total. The zero-order valence-electron chi connectivity index (χ0n) is 18.7. The summed E-state index contributed by atoms with van der Waals surface area (Å²) in [4.78, 5) is 15.8. The van der Waals surface area contributed by atoms with Gasteiger partial charge in [-0.05, 0) is 35.7 Å². The van der Waals surface area contributed by atoms with E-state index in [0.29, 0.717) is 0 Å². The maximum Gasteiger partial charge on any atom is 0.416 e. The number of para-hydroxylation sites is 1. The minimum Gasteiger partial charge on any atom is -0.383 e. The van der Waals surface area contributed by atoms with Crippen molar-refractivity contribution in [1.82, 2.24) is 9.47 Å². The van der Waals surface area contributed by atoms with Crippen LogP contribution in [0, 0.1) is 0 Å². The monoisotopic (exact) mass is 487 g/mol. The van der Waals surface area contributed by atoms with Crippen molar-refractivity contribution in [2.45, 2.75) is 12.7 Å². The first-order valence-electron chi connectivity index (χ1n) is 10.6. The second-order valence-electron chi connectivity index (χ2n) is 7.80. The Morgan fingerprint density at radius 2 is 1.91 bits per heavy atom. The molecule has 0 atom stereocenters. The molecular formula is C25H24F3N3O2S. The van der Waals surface area contributed by atoms with E-state index in [9.17, 15) is 18.0 Å². The lowest BCUT2D eigenvalue weighted by Crippen LogP contribution is -2.37. The maximum atomic E-state index is 13.2. The molecule has 0 saturated carbocycles. The summed E-state index contributed by atoms with van der Waals surface area (Å²) in [5.41, 5.74) is 2.27. The lowest BCUT2D eigenvalue weighted by molar-refractivity contribution is -0.137. The molecule has 0 bridgehead atoms. The summed E-state index contributed by atoms with van der Waals surface area (Å²) in [5.74, 6) is 0. The smallest absolute Gasteiger partial charge is 0.383 e. The largest absolute Gasteiger partial charge is 0.416 e. The highest BCUT2D eigenvalue weighted by Crippen LogP contribution is 2.36. The van der Waals surface area contributed by atoms with Crippen molar-refractivity contribution in [1.29, 1.82) is 0 Å². The predicted molar refractivity (Wildman–Crippen MR) is 129 cm³/mol. The molecule has 2 heterocycles. The molecule has 0 saturated heterocycles. The minimum absolute atomic E-state index is 0.0821. The van der Waals surface area contributed by atoms with Crippen LogP contribution in [-0.2, 0) is 24.5 Å². The number of halogens is 3. The number of nitrogens with zero attached hydrogens (tertiary/aromatic N) is 2. The van der Waals surface area contributed by atoms with E-state index in [1.54, 1.807) is 16.2 Å². The molecule has 4 aromatic rings. The van der Waals surface area contributed by atoms with Crippen molar-refractivity contribution in [2.24, 2.45) is 7.05 Å². The highest BCUT2D eigenvalue weighted by molar-refractivity contribution is 7.13. The van der Waals surface area contributed by atoms with Gasteiger partial charge in [0.15, 0.2) is 0 Å². The van der Waals surface area contributed by atoms with Crippen molar-refractivity contribution in [2.75, 3.05) is 25.6 Å². The van der Waals surface area contributed by atoms with Crippen LogP contribution in [0.5, 0.6) is 0 Å². The van der Waals surface area contributed by atoms with E-state index in [4.69, 9.17) is 4.74 Å². The average molecular weight is 488 g/mol. The van der Waals surface area contributed by atoms with E-state index in [0.717, 1.165) is 39.2 Å². The summed E-state index contributed by atoms with van der Waals surface area (Å²) in [6.07, 6.45) is -4.49. The first-order chi connectivity index (χ1) is 16.3. The van der Waals surface area contributed by atoms with Gasteiger partial charge in [0.05, 0.1) is 29.3 Å². The number of anilines is 1. The second kappa shape index (κ2) is 9.90. The standard InChI is InChI=1S/C25H24F3N3O2S/c1-30-21-10-4-3-9-19(21)20(23(30)22-11-6-14-34-22)16-31(12-13-33-2)24(32)29-18-8-5-7-17(15-18)25(26,27)28/h3-11,14-15H,12-13,16H2,1-2H3,(H,29,32). The number of amides is 2. The first-order valence-corrected chi connectivity index (χ1v) is 11.5. The van der Waals surface area contributed by atoms with Crippen LogP contribution >= 0.6 is 11.3 Å². The van der Waals surface area contributed by atoms with Crippen LogP contribution < -0.4 is 5.32 Å². The lowest BCUT2D eigenvalue weighted by Gasteiger charge is -2.24. The number of nitrogens with one attached hydrogen (secondary N) is 1. The number of methoxy groups -OCH3 is 1. The number of urea groups is 1. The molecule has 0 radical (unpaired) electrons. The number of alkyl halides is 3. The molecule has 34 heavy (non-hydrogen) atoms. The number of aryl methyl sites for hydroxylation is 1. The number of carbonyl (C=O) groups excluding carboxylic acids is 1. The Morgan fingerprint density at radius 1 is 1.12 bits per heavy atom. The molecule has 0 fully saturated rings. The topological polar surface area (TPSA) is 46.5 Å². The van der Waals surface area contributed by atoms with Gasteiger partial charge in [0.1, 0.15) is 0 Å². The number of fused-ring (bicyclic) bond motifs is 1. The van der Waals surface area contributed by atoms with E-state index in [1.807, 2.05) is 48.8 Å². The number of carbonyl (C=O) groups is 1. The van der Waals surface area contributed by atoms with Crippen LogP contribution in [0.25, 0.3) is 21.5 Å². The van der Waals surface area contributed by atoms with Gasteiger partial charge in [0, 0.05) is 42.9 Å². The molecule has 2 aromatic carbocycles. The summed E-state index contributed by atoms with van der Waals surface area (Å²) in [6, 6.07) is 16.1. The third kappa shape index (κ3) is 4.95. The van der Waals surface area contributed by atoms with Crippen LogP contribution in [0.2, 0.25) is 0 Å². The van der Waals surface area contributed by atoms with Crippen molar-refractivity contribution < 1.29 is 22.7 Å². The highest BCUT2D eigenvalue weighted by atomic mass is 32.1. The Balaban J connectivity index is 1.69. The molecule has 0 aliphatic rings. The fourth-order valence-corrected chi connectivity index (χ4v) is 4.81. The Kier molecular flexibility index (Phi) is 6.95. The SMILES string of the molecule is COCCN(Cc1c(-c2cccs2)n(C)c2ccccc12)C(=O)Nc1cccc(C(F)(F)F)c1. The van der Waals surface area contributed by atoms with Crippen LogP contribution in [-0.4, -0.2) is 35.8 Å². The Hall–Kier alpha value is -3.30. The zero-order valence-corrected chi connectivity index (χ0v) is 19.5. The fourth-order valence-electron chi connectivity index (χ4n) is 3.98. The summed E-state index contributed by atoms with van der Waals surface area (Å²) < 4.78 is 46.6. The van der Waals surface area contributed by atoms with E-state index in [2.05, 4.69) is 9.88 Å². The normalized spacial score (nSPS) is 11.7. The molecule has 0 unspecified atom stereocenters. The van der Waals surface area contributed by atoms with Gasteiger partial charge < -0.3 is 19.5 Å². The quantitative estimate of drug-likeness (QED) is 0.319. The van der Waals surface area contributed by atoms with Crippen LogP contribution in [0.1, 0.15) is 11.1 Å². The van der Waals surface area contributed by atoms with Crippen molar-refractivity contribution >= 4 is 34.0 Å². The number of hydrogen-bond acceptors (Lipinski definition) is 3. The van der Waals surface area contributed by atoms with E-state index in [1.165, 1.54) is 19.2 Å². The van der Waals surface area contributed by atoms with Gasteiger partial charge in [-0.3, -0.25) is 0 Å². The molecule has 2 amide bonds. The van der Waals surface area contributed by atoms with Gasteiger partial charge in [-0.25, -0.2) is 4.79 Å². The van der Waals surface area contributed by atoms with Gasteiger partial charge in [-0.1, -0.05) is 30.3 Å². The Bertz CT molecular complexity index is 1280. The fraction of sp³-hybridized carbons (Fsp3) is 0.240. The summed E-state index contributed by atoms with van der Waals surface area (Å²) in [6.45, 7) is 0.826. The number of ether oxygens (including phenoxy) is 1. The molecule has 2 aromatic heterocycles. The van der Waals surface area contributed by atoms with E-state index in [-0.39, 0.29) is 25.4 Å². The first kappa shape index (κ1) is 23.8. The van der Waals surface area contributed by atoms with E-state index < -0.39 is 17.8 Å². The van der Waals surface area contributed by atoms with Gasteiger partial charge in [-0.2, -0.15) is 13.2 Å². The predicted octanol–water partition coefficient (Wildman–Crippen LogP) is 6.61. The molecule has 0 aliphatic carbocycles. The van der Waals surface area contributed by atoms with Crippen LogP contribution in [0.3, 0.4) is 0 Å². The number of benzene rings is 2. The van der Waals surface area contributed by atoms with Gasteiger partial charge in [-0.15, -0.1) is 11.3 Å². The zero-order chi connectivity index (χ0) is 24.3. The Labute approximate surface area is 199 Å². The molecule has 4 rings (SSSR count). The van der Waals surface area contributed by atoms with Crippen LogP contribution in [0.4, 0.5) is 23.7 Å². The molecule has 0 spiro atoms. The number of aromatic nitrogens is 1. The summed E-state index contributed by atoms with van der Waals surface area (Å²) in [7, 11) is 3.53. The van der Waals surface area contributed by atoms with Gasteiger partial charge >= 0.3 is 12.2 Å². The molecule has 178 valence electrons. The van der Waals surface area contributed by atoms with E-state index >= 15 is 0 Å². The lowest BCUT2D eigenvalue weighted by atomic mass is 10.1. The van der Waals surface area contributed by atoms with Crippen molar-refractivity contribution in [3.8, 4) is 10.6 Å². The number of rotatable bonds is 7. The van der Waals surface area contributed by atoms with Crippen molar-refractivity contribution in [3.05, 3.63) is 77.2 Å². The summed E-state index contributed by atoms with van der Waals surface area (Å²) in [5, 5.41) is 5.64. The molecule has 5 nitrogen and oxygen atoms in total. The third-order valence-corrected chi connectivity index (χ3v) is 6.49. The summed E-state index contributed by atoms with van der Waals surface area (Å²) >= 11 is 1.61. The molecule has 9 heteroatoms. The minimum atomic E-state index is -4.49. The Morgan fingerprint density at radius 3 is 2.62 bits per heavy atom. The second-order valence-corrected chi connectivity index (χ2v) is 8.75. The highest BCUT2D eigenvalue weighted by Gasteiger charge is 2.30. The molecular weight excluding hydrogens is 463 g/mol. The molecule has 0 aliphatic heterocycles. The van der Waals surface area contributed by atoms with Gasteiger partial charge in [0.2, 0.25) is 0 Å².